The zero-order valence-corrected chi connectivity index (χ0v) is 7.15. The quantitative estimate of drug-likeness (QED) is 0.627. The maximum absolute atomic E-state index is 11.3. The third kappa shape index (κ3) is 1.19. The van der Waals surface area contributed by atoms with Crippen LogP contribution in [0.2, 0.25) is 0 Å². The summed E-state index contributed by atoms with van der Waals surface area (Å²) in [5.41, 5.74) is -0.888. The number of amides is 1. The first-order valence-electron chi connectivity index (χ1n) is 4.28. The van der Waals surface area contributed by atoms with Gasteiger partial charge in [0.1, 0.15) is 12.1 Å². The van der Waals surface area contributed by atoms with Crippen molar-refractivity contribution in [3.8, 4) is 0 Å². The molecule has 13 heavy (non-hydrogen) atoms. The van der Waals surface area contributed by atoms with Crippen molar-refractivity contribution in [2.24, 2.45) is 0 Å². The van der Waals surface area contributed by atoms with Gasteiger partial charge in [-0.2, -0.15) is 0 Å². The number of carbonyl (C=O) groups excluding carboxylic acids is 1. The van der Waals surface area contributed by atoms with E-state index in [0.29, 0.717) is 26.0 Å². The average Bonchev–Trinajstić information content (AvgIpc) is 2.85. The molecule has 5 nitrogen and oxygen atoms in total. The predicted octanol–water partition coefficient (Wildman–Crippen LogP) is -0.538. The fraction of sp³-hybridized carbons (Fsp3) is 0.750. The van der Waals surface area contributed by atoms with Crippen molar-refractivity contribution in [3.63, 3.8) is 0 Å². The highest BCUT2D eigenvalue weighted by molar-refractivity contribution is 5.90. The van der Waals surface area contributed by atoms with Crippen molar-refractivity contribution < 1.29 is 19.4 Å². The van der Waals surface area contributed by atoms with E-state index in [1.54, 1.807) is 0 Å². The van der Waals surface area contributed by atoms with Gasteiger partial charge in [0.15, 0.2) is 0 Å². The van der Waals surface area contributed by atoms with Gasteiger partial charge in [0.25, 0.3) is 0 Å². The maximum atomic E-state index is 11.3. The fourth-order valence-corrected chi connectivity index (χ4v) is 1.69. The number of hydrogen-bond donors (Lipinski definition) is 1. The molecule has 1 amide bonds. The van der Waals surface area contributed by atoms with Gasteiger partial charge in [0, 0.05) is 6.54 Å². The number of carboxylic acid groups (broad SMARTS) is 1. The summed E-state index contributed by atoms with van der Waals surface area (Å²) in [7, 11) is 0. The van der Waals surface area contributed by atoms with Crippen LogP contribution < -0.4 is 0 Å². The van der Waals surface area contributed by atoms with E-state index in [4.69, 9.17) is 9.84 Å². The molecule has 2 rings (SSSR count). The Balaban J connectivity index is 2.14. The smallest absolute Gasteiger partial charge is 0.329 e. The van der Waals surface area contributed by atoms with Crippen molar-refractivity contribution in [2.45, 2.75) is 18.4 Å². The van der Waals surface area contributed by atoms with E-state index < -0.39 is 11.5 Å². The van der Waals surface area contributed by atoms with Gasteiger partial charge < -0.3 is 14.7 Å². The summed E-state index contributed by atoms with van der Waals surface area (Å²) in [4.78, 5) is 23.7. The molecule has 1 aliphatic heterocycles. The van der Waals surface area contributed by atoms with Crippen LogP contribution in [0, 0.1) is 0 Å². The average molecular weight is 185 g/mol. The molecule has 1 heterocycles. The van der Waals surface area contributed by atoms with Crippen LogP contribution in [0.3, 0.4) is 0 Å². The van der Waals surface area contributed by atoms with Crippen LogP contribution in [0.15, 0.2) is 0 Å². The number of carbonyl (C=O) groups is 2. The lowest BCUT2D eigenvalue weighted by Crippen LogP contribution is -2.52. The molecular formula is C8H11NO4. The molecule has 0 aromatic carbocycles. The number of rotatable bonds is 2. The number of ether oxygens (including phenoxy) is 1. The lowest BCUT2D eigenvalue weighted by atomic mass is 10.2. The Bertz CT molecular complexity index is 259. The second-order valence-electron chi connectivity index (χ2n) is 3.43. The second kappa shape index (κ2) is 2.70. The van der Waals surface area contributed by atoms with Gasteiger partial charge in [-0.3, -0.25) is 4.79 Å². The minimum atomic E-state index is -0.888. The van der Waals surface area contributed by atoms with Crippen molar-refractivity contribution >= 4 is 11.9 Å². The van der Waals surface area contributed by atoms with Gasteiger partial charge >= 0.3 is 5.97 Å². The third-order valence-electron chi connectivity index (χ3n) is 2.62. The van der Waals surface area contributed by atoms with Crippen LogP contribution >= 0.6 is 0 Å². The fourth-order valence-electron chi connectivity index (χ4n) is 1.69. The SMILES string of the molecule is O=C1COCCN1C1(C(=O)O)CC1. The van der Waals surface area contributed by atoms with Crippen LogP contribution in [0.1, 0.15) is 12.8 Å². The number of carboxylic acids is 1. The molecule has 0 spiro atoms. The van der Waals surface area contributed by atoms with Crippen LogP contribution in [0.25, 0.3) is 0 Å². The summed E-state index contributed by atoms with van der Waals surface area (Å²) < 4.78 is 4.93. The highest BCUT2D eigenvalue weighted by Gasteiger charge is 2.57. The van der Waals surface area contributed by atoms with Crippen LogP contribution in [-0.2, 0) is 14.3 Å². The van der Waals surface area contributed by atoms with E-state index in [0.717, 1.165) is 0 Å². The lowest BCUT2D eigenvalue weighted by molar-refractivity contribution is -0.159. The molecule has 0 atom stereocenters. The normalized spacial score (nSPS) is 25.8. The zero-order chi connectivity index (χ0) is 9.47. The summed E-state index contributed by atoms with van der Waals surface area (Å²) in [5.74, 6) is -1.09. The molecule has 0 aromatic heterocycles. The largest absolute Gasteiger partial charge is 0.479 e. The minimum Gasteiger partial charge on any atom is -0.479 e. The Morgan fingerprint density at radius 2 is 2.23 bits per heavy atom. The van der Waals surface area contributed by atoms with Crippen LogP contribution in [-0.4, -0.2) is 47.2 Å². The predicted molar refractivity (Wildman–Crippen MR) is 42.1 cm³/mol. The second-order valence-corrected chi connectivity index (χ2v) is 3.43. The monoisotopic (exact) mass is 185 g/mol. The Morgan fingerprint density at radius 1 is 1.54 bits per heavy atom. The molecule has 1 saturated heterocycles. The van der Waals surface area contributed by atoms with Crippen molar-refractivity contribution in [1.29, 1.82) is 0 Å². The van der Waals surface area contributed by atoms with Gasteiger partial charge in [0.2, 0.25) is 5.91 Å². The lowest BCUT2D eigenvalue weighted by Gasteiger charge is -2.32. The van der Waals surface area contributed by atoms with E-state index in [1.807, 2.05) is 0 Å². The Kier molecular flexibility index (Phi) is 1.76. The summed E-state index contributed by atoms with van der Waals surface area (Å²) >= 11 is 0. The van der Waals surface area contributed by atoms with Crippen molar-refractivity contribution in [3.05, 3.63) is 0 Å². The molecule has 5 heteroatoms. The Hall–Kier alpha value is -1.10. The molecule has 2 fully saturated rings. The van der Waals surface area contributed by atoms with Gasteiger partial charge in [-0.05, 0) is 12.8 Å². The first kappa shape index (κ1) is 8.50. The van der Waals surface area contributed by atoms with Crippen molar-refractivity contribution in [2.75, 3.05) is 19.8 Å². The summed E-state index contributed by atoms with van der Waals surface area (Å²) in [5, 5.41) is 8.94. The van der Waals surface area contributed by atoms with E-state index in [1.165, 1.54) is 4.90 Å². The van der Waals surface area contributed by atoms with E-state index >= 15 is 0 Å². The zero-order valence-electron chi connectivity index (χ0n) is 7.15. The molecule has 1 saturated carbocycles. The summed E-state index contributed by atoms with van der Waals surface area (Å²) in [6.07, 6.45) is 1.15. The first-order chi connectivity index (χ1) is 6.17. The standard InChI is InChI=1S/C8H11NO4/c10-6-5-13-4-3-9(6)8(1-2-8)7(11)12/h1-5H2,(H,11,12). The molecule has 2 aliphatic rings. The minimum absolute atomic E-state index is 0.0228. The molecule has 1 aliphatic carbocycles. The topological polar surface area (TPSA) is 66.8 Å². The first-order valence-corrected chi connectivity index (χ1v) is 4.28. The molecule has 72 valence electrons. The van der Waals surface area contributed by atoms with Gasteiger partial charge in [-0.1, -0.05) is 0 Å². The summed E-state index contributed by atoms with van der Waals surface area (Å²) in [6.45, 7) is 0.876. The molecular weight excluding hydrogens is 174 g/mol. The van der Waals surface area contributed by atoms with Crippen molar-refractivity contribution in [1.82, 2.24) is 4.90 Å². The summed E-state index contributed by atoms with van der Waals surface area (Å²) in [6, 6.07) is 0. The van der Waals surface area contributed by atoms with E-state index in [-0.39, 0.29) is 12.5 Å². The molecule has 0 bridgehead atoms. The number of nitrogens with zero attached hydrogens (tertiary/aromatic N) is 1. The maximum Gasteiger partial charge on any atom is 0.329 e. The number of morpholine rings is 1. The van der Waals surface area contributed by atoms with Gasteiger partial charge in [-0.15, -0.1) is 0 Å². The Labute approximate surface area is 75.3 Å². The van der Waals surface area contributed by atoms with E-state index in [2.05, 4.69) is 0 Å². The highest BCUT2D eigenvalue weighted by atomic mass is 16.5. The van der Waals surface area contributed by atoms with Gasteiger partial charge in [0.05, 0.1) is 6.61 Å². The molecule has 0 radical (unpaired) electrons. The molecule has 0 unspecified atom stereocenters. The number of hydrogen-bond acceptors (Lipinski definition) is 3. The third-order valence-corrected chi connectivity index (χ3v) is 2.62. The van der Waals surface area contributed by atoms with Crippen LogP contribution in [0.5, 0.6) is 0 Å². The van der Waals surface area contributed by atoms with E-state index in [9.17, 15) is 9.59 Å². The number of aliphatic carboxylic acids is 1. The van der Waals surface area contributed by atoms with Gasteiger partial charge in [-0.25, -0.2) is 4.79 Å². The van der Waals surface area contributed by atoms with Crippen LogP contribution in [0.4, 0.5) is 0 Å². The highest BCUT2D eigenvalue weighted by Crippen LogP contribution is 2.42. The molecule has 1 N–H and O–H groups in total. The Morgan fingerprint density at radius 3 is 2.69 bits per heavy atom. The molecule has 0 aromatic rings.